The van der Waals surface area contributed by atoms with E-state index in [1.165, 1.54) is 11.1 Å². The number of piperidine rings is 1. The molecule has 1 spiro atoms. The lowest BCUT2D eigenvalue weighted by atomic mass is 9.90. The number of fused-ring (bicyclic) bond motifs is 1. The summed E-state index contributed by atoms with van der Waals surface area (Å²) in [6.07, 6.45) is 6.50. The zero-order chi connectivity index (χ0) is 23.1. The molecular weight excluding hydrogens is 420 g/mol. The highest BCUT2D eigenvalue weighted by Crippen LogP contribution is 2.60. The third-order valence-corrected chi connectivity index (χ3v) is 8.22. The van der Waals surface area contributed by atoms with Gasteiger partial charge in [-0.2, -0.15) is 0 Å². The van der Waals surface area contributed by atoms with Gasteiger partial charge in [0.25, 0.3) is 0 Å². The number of aromatic nitrogens is 2. The van der Waals surface area contributed by atoms with Crippen LogP contribution in [0, 0.1) is 18.3 Å². The van der Waals surface area contributed by atoms with Crippen LogP contribution in [0.1, 0.15) is 42.6 Å². The van der Waals surface area contributed by atoms with E-state index in [9.17, 15) is 4.79 Å². The van der Waals surface area contributed by atoms with Gasteiger partial charge in [-0.3, -0.25) is 9.69 Å². The Bertz CT molecular complexity index is 1240. The summed E-state index contributed by atoms with van der Waals surface area (Å²) in [5.74, 6) is 0.608. The molecule has 1 atom stereocenters. The molecule has 1 aliphatic carbocycles. The number of hydrogen-bond acceptors (Lipinski definition) is 4. The molecule has 0 radical (unpaired) electrons. The van der Waals surface area contributed by atoms with Crippen LogP contribution in [0.3, 0.4) is 0 Å². The second-order valence-electron chi connectivity index (χ2n) is 10.3. The van der Waals surface area contributed by atoms with Gasteiger partial charge in [-0.25, -0.2) is 9.97 Å². The molecule has 1 amide bonds. The second-order valence-corrected chi connectivity index (χ2v) is 10.3. The van der Waals surface area contributed by atoms with Crippen LogP contribution in [-0.2, 0) is 11.3 Å². The van der Waals surface area contributed by atoms with Crippen molar-refractivity contribution in [3.8, 4) is 0 Å². The number of hydrogen-bond donors (Lipinski definition) is 0. The van der Waals surface area contributed by atoms with Crippen molar-refractivity contribution >= 4 is 22.5 Å². The molecule has 2 aromatic carbocycles. The predicted octanol–water partition coefficient (Wildman–Crippen LogP) is 4.86. The molecule has 6 rings (SSSR count). The van der Waals surface area contributed by atoms with Crippen molar-refractivity contribution < 1.29 is 4.79 Å². The van der Waals surface area contributed by atoms with Gasteiger partial charge in [0.05, 0.1) is 22.4 Å². The number of carbonyl (C=O) groups excluding carboxylic acids is 1. The van der Waals surface area contributed by atoms with E-state index in [-0.39, 0.29) is 11.3 Å². The van der Waals surface area contributed by atoms with Gasteiger partial charge < -0.3 is 4.90 Å². The first kappa shape index (κ1) is 21.5. The Balaban J connectivity index is 1.05. The van der Waals surface area contributed by atoms with Gasteiger partial charge in [0.15, 0.2) is 0 Å². The normalized spacial score (nSPS) is 22.1. The molecular formula is C29H32N4O. The van der Waals surface area contributed by atoms with Crippen LogP contribution in [0.15, 0.2) is 60.7 Å². The van der Waals surface area contributed by atoms with Gasteiger partial charge in [0.2, 0.25) is 5.91 Å². The van der Waals surface area contributed by atoms with Crippen molar-refractivity contribution in [2.75, 3.05) is 26.2 Å². The minimum Gasteiger partial charge on any atom is -0.338 e. The Morgan fingerprint density at radius 1 is 0.971 bits per heavy atom. The van der Waals surface area contributed by atoms with E-state index in [4.69, 9.17) is 9.97 Å². The van der Waals surface area contributed by atoms with Crippen LogP contribution in [0.5, 0.6) is 0 Å². The maximum absolute atomic E-state index is 13.3. The maximum Gasteiger partial charge on any atom is 0.226 e. The molecule has 5 heteroatoms. The fraction of sp³-hybridized carbons (Fsp3) is 0.414. The third-order valence-electron chi connectivity index (χ3n) is 8.22. The molecule has 1 unspecified atom stereocenters. The summed E-state index contributed by atoms with van der Waals surface area (Å²) in [5, 5.41) is 0. The summed E-state index contributed by atoms with van der Waals surface area (Å²) in [6, 6.07) is 18.6. The highest BCUT2D eigenvalue weighted by Gasteiger charge is 2.59. The van der Waals surface area contributed by atoms with Crippen LogP contribution < -0.4 is 0 Å². The van der Waals surface area contributed by atoms with E-state index in [1.54, 1.807) is 0 Å². The number of amides is 1. The molecule has 0 N–H and O–H groups in total. The summed E-state index contributed by atoms with van der Waals surface area (Å²) in [5.41, 5.74) is 6.92. The zero-order valence-corrected chi connectivity index (χ0v) is 19.9. The van der Waals surface area contributed by atoms with Gasteiger partial charge in [0.1, 0.15) is 0 Å². The van der Waals surface area contributed by atoms with Crippen molar-refractivity contribution in [2.45, 2.75) is 39.2 Å². The molecule has 1 saturated carbocycles. The number of likely N-dealkylation sites (tertiary alicyclic amines) is 1. The Hall–Kier alpha value is -3.05. The summed E-state index contributed by atoms with van der Waals surface area (Å²) in [6.45, 7) is 6.58. The van der Waals surface area contributed by atoms with E-state index < -0.39 is 0 Å². The van der Waals surface area contributed by atoms with Gasteiger partial charge in [0, 0.05) is 25.6 Å². The van der Waals surface area contributed by atoms with Crippen molar-refractivity contribution in [2.24, 2.45) is 11.3 Å². The summed E-state index contributed by atoms with van der Waals surface area (Å²) in [4.78, 5) is 27.5. The maximum atomic E-state index is 13.3. The Morgan fingerprint density at radius 3 is 2.38 bits per heavy atom. The standard InChI is InChI=1S/C29H32N4O/c1-21-27(31-26-10-6-5-9-25(26)30-21)20-32-17-13-29(14-18-32)19-24(29)28(34)33-15-11-23(12-16-33)22-7-3-2-4-8-22/h2-11,24H,12-20H2,1H3. The van der Waals surface area contributed by atoms with E-state index >= 15 is 0 Å². The minimum absolute atomic E-state index is 0.225. The Kier molecular flexibility index (Phi) is 5.45. The molecule has 2 aliphatic heterocycles. The van der Waals surface area contributed by atoms with Gasteiger partial charge in [-0.15, -0.1) is 0 Å². The first-order valence-electron chi connectivity index (χ1n) is 12.6. The second kappa shape index (κ2) is 8.62. The average molecular weight is 453 g/mol. The summed E-state index contributed by atoms with van der Waals surface area (Å²) in [7, 11) is 0. The lowest BCUT2D eigenvalue weighted by Gasteiger charge is -2.34. The molecule has 1 aromatic heterocycles. The Labute approximate surface area is 201 Å². The van der Waals surface area contributed by atoms with Crippen molar-refractivity contribution in [3.63, 3.8) is 0 Å². The number of carbonyl (C=O) groups is 1. The highest BCUT2D eigenvalue weighted by molar-refractivity contribution is 5.84. The number of nitrogens with zero attached hydrogens (tertiary/aromatic N) is 4. The Morgan fingerprint density at radius 2 is 1.68 bits per heavy atom. The molecule has 3 aromatic rings. The van der Waals surface area contributed by atoms with Crippen molar-refractivity contribution in [1.29, 1.82) is 0 Å². The van der Waals surface area contributed by atoms with Gasteiger partial charge in [-0.1, -0.05) is 48.5 Å². The fourth-order valence-corrected chi connectivity index (χ4v) is 5.90. The number of benzene rings is 2. The van der Waals surface area contributed by atoms with E-state index in [1.807, 2.05) is 24.3 Å². The molecule has 0 bridgehead atoms. The molecule has 1 saturated heterocycles. The van der Waals surface area contributed by atoms with Gasteiger partial charge in [-0.05, 0) is 74.4 Å². The van der Waals surface area contributed by atoms with Gasteiger partial charge >= 0.3 is 0 Å². The van der Waals surface area contributed by atoms with Crippen LogP contribution in [0.4, 0.5) is 0 Å². The van der Waals surface area contributed by atoms with Crippen LogP contribution >= 0.6 is 0 Å². The smallest absolute Gasteiger partial charge is 0.226 e. The molecule has 3 aliphatic rings. The zero-order valence-electron chi connectivity index (χ0n) is 19.9. The topological polar surface area (TPSA) is 49.3 Å². The lowest BCUT2D eigenvalue weighted by Crippen LogP contribution is -2.39. The quantitative estimate of drug-likeness (QED) is 0.567. The van der Waals surface area contributed by atoms with Crippen molar-refractivity contribution in [1.82, 2.24) is 19.8 Å². The number of rotatable bonds is 4. The minimum atomic E-state index is 0.225. The number of para-hydroxylation sites is 2. The summed E-state index contributed by atoms with van der Waals surface area (Å²) >= 11 is 0. The third kappa shape index (κ3) is 4.03. The first-order valence-corrected chi connectivity index (χ1v) is 12.6. The van der Waals surface area contributed by atoms with E-state index in [0.29, 0.717) is 5.91 Å². The molecule has 34 heavy (non-hydrogen) atoms. The van der Waals surface area contributed by atoms with Crippen molar-refractivity contribution in [3.05, 3.63) is 77.6 Å². The highest BCUT2D eigenvalue weighted by atomic mass is 16.2. The predicted molar refractivity (Wildman–Crippen MR) is 135 cm³/mol. The molecule has 3 heterocycles. The van der Waals surface area contributed by atoms with E-state index in [0.717, 1.165) is 80.8 Å². The SMILES string of the molecule is Cc1nc2ccccc2nc1CN1CCC2(CC1)CC2C(=O)N1CC=C(c2ccccc2)CC1. The molecule has 2 fully saturated rings. The molecule has 5 nitrogen and oxygen atoms in total. The molecule has 174 valence electrons. The summed E-state index contributed by atoms with van der Waals surface area (Å²) < 4.78 is 0. The van der Waals surface area contributed by atoms with E-state index in [2.05, 4.69) is 53.1 Å². The number of aryl methyl sites for hydroxylation is 1. The first-order chi connectivity index (χ1) is 16.6. The van der Waals surface area contributed by atoms with Crippen LogP contribution in [0.25, 0.3) is 16.6 Å². The monoisotopic (exact) mass is 452 g/mol. The lowest BCUT2D eigenvalue weighted by molar-refractivity contribution is -0.133. The average Bonchev–Trinajstić information content (AvgIpc) is 3.59. The fourth-order valence-electron chi connectivity index (χ4n) is 5.90. The largest absolute Gasteiger partial charge is 0.338 e. The van der Waals surface area contributed by atoms with Crippen LogP contribution in [0.2, 0.25) is 0 Å². The van der Waals surface area contributed by atoms with Crippen LogP contribution in [-0.4, -0.2) is 51.9 Å².